The first-order chi connectivity index (χ1) is 10.8. The second kappa shape index (κ2) is 11.3. The van der Waals surface area contributed by atoms with Crippen LogP contribution in [0, 0.1) is 6.92 Å². The van der Waals surface area contributed by atoms with Crippen LogP contribution in [0.15, 0.2) is 29.3 Å². The highest BCUT2D eigenvalue weighted by atomic mass is 127. The molecule has 5 nitrogen and oxygen atoms in total. The first-order valence-electron chi connectivity index (χ1n) is 8.12. The minimum atomic E-state index is -0.405. The number of anilines is 1. The number of halogens is 1. The molecule has 0 aromatic heterocycles. The largest absolute Gasteiger partial charge is 0.460 e. The molecule has 1 aromatic carbocycles. The van der Waals surface area contributed by atoms with E-state index in [0.29, 0.717) is 18.9 Å². The zero-order valence-electron chi connectivity index (χ0n) is 15.1. The van der Waals surface area contributed by atoms with E-state index in [1.165, 1.54) is 5.56 Å². The van der Waals surface area contributed by atoms with E-state index in [1.54, 1.807) is 0 Å². The summed E-state index contributed by atoms with van der Waals surface area (Å²) in [5, 5.41) is 3.06. The van der Waals surface area contributed by atoms with Crippen LogP contribution in [0.2, 0.25) is 0 Å². The van der Waals surface area contributed by atoms with E-state index in [1.807, 2.05) is 52.0 Å². The standard InChI is InChI=1S/C18H29N3O2.HI/c1-14-9-11-15(12-10-14)21-17(19)20-13-7-5-6-8-16(22)23-18(2,3)4;/h9-12H,5-8,13H2,1-4H3,(H3,19,20,21);1H. The minimum absolute atomic E-state index is 0. The number of hydrogen-bond donors (Lipinski definition) is 2. The summed E-state index contributed by atoms with van der Waals surface area (Å²) in [7, 11) is 0. The topological polar surface area (TPSA) is 76.7 Å². The molecule has 0 aliphatic heterocycles. The number of carbonyl (C=O) groups excluding carboxylic acids is 1. The van der Waals surface area contributed by atoms with Gasteiger partial charge in [-0.15, -0.1) is 24.0 Å². The molecule has 0 heterocycles. The molecule has 0 amide bonds. The maximum atomic E-state index is 11.5. The van der Waals surface area contributed by atoms with Gasteiger partial charge in [0.15, 0.2) is 5.96 Å². The van der Waals surface area contributed by atoms with Crippen LogP contribution >= 0.6 is 24.0 Å². The molecule has 136 valence electrons. The van der Waals surface area contributed by atoms with Crippen molar-refractivity contribution >= 4 is 41.6 Å². The Morgan fingerprint density at radius 2 is 1.79 bits per heavy atom. The lowest BCUT2D eigenvalue weighted by molar-refractivity contribution is -0.154. The van der Waals surface area contributed by atoms with Crippen LogP contribution in [0.25, 0.3) is 0 Å². The third-order valence-electron chi connectivity index (χ3n) is 3.07. The number of aliphatic imine (C=N–C) groups is 1. The van der Waals surface area contributed by atoms with Crippen LogP contribution in [0.1, 0.15) is 52.0 Å². The number of aryl methyl sites for hydroxylation is 1. The monoisotopic (exact) mass is 447 g/mol. The molecule has 0 aliphatic rings. The number of guanidine groups is 1. The van der Waals surface area contributed by atoms with E-state index in [4.69, 9.17) is 10.5 Å². The maximum absolute atomic E-state index is 11.5. The van der Waals surface area contributed by atoms with Crippen molar-refractivity contribution in [2.24, 2.45) is 10.7 Å². The molecule has 0 aliphatic carbocycles. The van der Waals surface area contributed by atoms with Crippen molar-refractivity contribution in [2.75, 3.05) is 11.9 Å². The van der Waals surface area contributed by atoms with Gasteiger partial charge in [-0.1, -0.05) is 24.1 Å². The lowest BCUT2D eigenvalue weighted by Gasteiger charge is -2.19. The average molecular weight is 447 g/mol. The normalized spacial score (nSPS) is 11.6. The summed E-state index contributed by atoms with van der Waals surface area (Å²) in [5.41, 5.74) is 7.57. The van der Waals surface area contributed by atoms with Crippen LogP contribution in [0.3, 0.4) is 0 Å². The van der Waals surface area contributed by atoms with Crippen molar-refractivity contribution in [3.05, 3.63) is 29.8 Å². The fraction of sp³-hybridized carbons (Fsp3) is 0.556. The van der Waals surface area contributed by atoms with Crippen molar-refractivity contribution in [2.45, 2.75) is 59.0 Å². The lowest BCUT2D eigenvalue weighted by Crippen LogP contribution is -2.23. The van der Waals surface area contributed by atoms with Crippen molar-refractivity contribution < 1.29 is 9.53 Å². The lowest BCUT2D eigenvalue weighted by atomic mass is 10.1. The van der Waals surface area contributed by atoms with E-state index in [2.05, 4.69) is 10.3 Å². The quantitative estimate of drug-likeness (QED) is 0.216. The Kier molecular flexibility index (Phi) is 10.7. The van der Waals surface area contributed by atoms with Gasteiger partial charge in [0.05, 0.1) is 0 Å². The molecule has 1 aromatic rings. The summed E-state index contributed by atoms with van der Waals surface area (Å²) in [6.45, 7) is 8.33. The number of hydrogen-bond acceptors (Lipinski definition) is 3. The third-order valence-corrected chi connectivity index (χ3v) is 3.07. The van der Waals surface area contributed by atoms with Gasteiger partial charge in [0.1, 0.15) is 5.60 Å². The molecule has 6 heteroatoms. The van der Waals surface area contributed by atoms with Gasteiger partial charge < -0.3 is 15.8 Å². The highest BCUT2D eigenvalue weighted by Gasteiger charge is 2.15. The van der Waals surface area contributed by atoms with Gasteiger partial charge in [0.25, 0.3) is 0 Å². The summed E-state index contributed by atoms with van der Waals surface area (Å²) in [6.07, 6.45) is 3.10. The fourth-order valence-corrected chi connectivity index (χ4v) is 1.97. The molecule has 3 N–H and O–H groups in total. The van der Waals surface area contributed by atoms with Gasteiger partial charge in [0, 0.05) is 18.7 Å². The molecule has 0 saturated carbocycles. The summed E-state index contributed by atoms with van der Waals surface area (Å²) in [6, 6.07) is 7.98. The Balaban J connectivity index is 0.00000529. The molecule has 0 fully saturated rings. The molecule has 0 bridgehead atoms. The molecule has 0 unspecified atom stereocenters. The molecular formula is C18H30IN3O2. The molecule has 0 spiro atoms. The molecule has 0 atom stereocenters. The number of ether oxygens (including phenoxy) is 1. The number of nitrogens with two attached hydrogens (primary N) is 1. The van der Waals surface area contributed by atoms with Gasteiger partial charge in [-0.3, -0.25) is 9.79 Å². The van der Waals surface area contributed by atoms with E-state index >= 15 is 0 Å². The Hall–Kier alpha value is -1.31. The van der Waals surface area contributed by atoms with Gasteiger partial charge in [-0.2, -0.15) is 0 Å². The Labute approximate surface area is 162 Å². The van der Waals surface area contributed by atoms with Crippen LogP contribution in [0.5, 0.6) is 0 Å². The van der Waals surface area contributed by atoms with Gasteiger partial charge in [-0.25, -0.2) is 0 Å². The Morgan fingerprint density at radius 1 is 1.17 bits per heavy atom. The van der Waals surface area contributed by atoms with Crippen molar-refractivity contribution in [3.8, 4) is 0 Å². The van der Waals surface area contributed by atoms with Crippen LogP contribution < -0.4 is 11.1 Å². The molecule has 0 radical (unpaired) electrons. The zero-order valence-corrected chi connectivity index (χ0v) is 17.4. The van der Waals surface area contributed by atoms with Crippen molar-refractivity contribution in [1.82, 2.24) is 0 Å². The van der Waals surface area contributed by atoms with Gasteiger partial charge >= 0.3 is 5.97 Å². The van der Waals surface area contributed by atoms with Gasteiger partial charge in [-0.05, 0) is 52.7 Å². The second-order valence-electron chi connectivity index (χ2n) is 6.66. The van der Waals surface area contributed by atoms with E-state index < -0.39 is 5.60 Å². The highest BCUT2D eigenvalue weighted by molar-refractivity contribution is 14.0. The smallest absolute Gasteiger partial charge is 0.306 e. The van der Waals surface area contributed by atoms with Crippen LogP contribution in [0.4, 0.5) is 5.69 Å². The number of rotatable bonds is 7. The Morgan fingerprint density at radius 3 is 2.38 bits per heavy atom. The predicted octanol–water partition coefficient (Wildman–Crippen LogP) is 4.24. The summed E-state index contributed by atoms with van der Waals surface area (Å²) < 4.78 is 5.26. The van der Waals surface area contributed by atoms with Crippen LogP contribution in [-0.4, -0.2) is 24.1 Å². The summed E-state index contributed by atoms with van der Waals surface area (Å²) in [5.74, 6) is 0.280. The number of nitrogens with one attached hydrogen (secondary N) is 1. The van der Waals surface area contributed by atoms with E-state index in [-0.39, 0.29) is 29.9 Å². The molecule has 24 heavy (non-hydrogen) atoms. The van der Waals surface area contributed by atoms with E-state index in [0.717, 1.165) is 24.9 Å². The number of carbonyl (C=O) groups is 1. The number of benzene rings is 1. The van der Waals surface area contributed by atoms with Crippen LogP contribution in [-0.2, 0) is 9.53 Å². The first kappa shape index (κ1) is 22.7. The minimum Gasteiger partial charge on any atom is -0.460 e. The summed E-state index contributed by atoms with van der Waals surface area (Å²) >= 11 is 0. The highest BCUT2D eigenvalue weighted by Crippen LogP contribution is 2.11. The average Bonchev–Trinajstić information content (AvgIpc) is 2.43. The zero-order chi connectivity index (χ0) is 17.3. The Bertz CT molecular complexity index is 522. The summed E-state index contributed by atoms with van der Waals surface area (Å²) in [4.78, 5) is 15.8. The first-order valence-corrected chi connectivity index (χ1v) is 8.12. The van der Waals surface area contributed by atoms with E-state index in [9.17, 15) is 4.79 Å². The number of unbranched alkanes of at least 4 members (excludes halogenated alkanes) is 2. The van der Waals surface area contributed by atoms with Crippen molar-refractivity contribution in [3.63, 3.8) is 0 Å². The predicted molar refractivity (Wildman–Crippen MR) is 111 cm³/mol. The van der Waals surface area contributed by atoms with Gasteiger partial charge in [0.2, 0.25) is 0 Å². The molecule has 1 rings (SSSR count). The fourth-order valence-electron chi connectivity index (χ4n) is 1.97. The molecule has 0 saturated heterocycles. The number of esters is 1. The molecular weight excluding hydrogens is 417 g/mol. The third kappa shape index (κ3) is 11.3. The van der Waals surface area contributed by atoms with Crippen molar-refractivity contribution in [1.29, 1.82) is 0 Å². The second-order valence-corrected chi connectivity index (χ2v) is 6.66. The number of nitrogens with zero attached hydrogens (tertiary/aromatic N) is 1. The SMILES string of the molecule is Cc1ccc(NC(N)=NCCCCCC(=O)OC(C)(C)C)cc1.I. The maximum Gasteiger partial charge on any atom is 0.306 e.